The van der Waals surface area contributed by atoms with Crippen molar-refractivity contribution in [3.63, 3.8) is 0 Å². The van der Waals surface area contributed by atoms with Gasteiger partial charge in [0.1, 0.15) is 0 Å². The van der Waals surface area contributed by atoms with Crippen LogP contribution in [0.1, 0.15) is 16.2 Å². The summed E-state index contributed by atoms with van der Waals surface area (Å²) < 4.78 is 10.4. The first-order valence-corrected chi connectivity index (χ1v) is 6.03. The number of ether oxygens (including phenoxy) is 2. The van der Waals surface area contributed by atoms with Gasteiger partial charge in [-0.2, -0.15) is 0 Å². The van der Waals surface area contributed by atoms with Gasteiger partial charge in [0.05, 0.1) is 18.0 Å². The first-order valence-electron chi connectivity index (χ1n) is 5.21. The Morgan fingerprint density at radius 1 is 1.38 bits per heavy atom. The van der Waals surface area contributed by atoms with Crippen molar-refractivity contribution in [1.82, 2.24) is 0 Å². The standard InChI is InChI=1S/C12H17NO2S/c1-14-8-3-9-15-10-12-6-5-11(16-12)4-2-7-13/h5-6H,3,7-10,13H2,1H3. The molecule has 3 nitrogen and oxygen atoms in total. The monoisotopic (exact) mass is 239 g/mol. The first-order chi connectivity index (χ1) is 7.86. The van der Waals surface area contributed by atoms with E-state index in [-0.39, 0.29) is 0 Å². The van der Waals surface area contributed by atoms with E-state index in [2.05, 4.69) is 11.8 Å². The molecule has 0 aliphatic carbocycles. The highest BCUT2D eigenvalue weighted by Gasteiger charge is 1.97. The van der Waals surface area contributed by atoms with E-state index in [9.17, 15) is 0 Å². The average molecular weight is 239 g/mol. The maximum Gasteiger partial charge on any atom is 0.0809 e. The Labute approximate surface area is 101 Å². The lowest BCUT2D eigenvalue weighted by Gasteiger charge is -2.01. The van der Waals surface area contributed by atoms with E-state index in [1.165, 1.54) is 4.88 Å². The molecule has 0 unspecified atom stereocenters. The zero-order valence-electron chi connectivity index (χ0n) is 9.49. The smallest absolute Gasteiger partial charge is 0.0809 e. The molecule has 1 aromatic rings. The summed E-state index contributed by atoms with van der Waals surface area (Å²) in [5, 5.41) is 0. The van der Waals surface area contributed by atoms with Gasteiger partial charge < -0.3 is 15.2 Å². The summed E-state index contributed by atoms with van der Waals surface area (Å²) in [5.74, 6) is 5.84. The van der Waals surface area contributed by atoms with Crippen molar-refractivity contribution in [3.8, 4) is 11.8 Å². The molecule has 0 saturated carbocycles. The second-order valence-electron chi connectivity index (χ2n) is 3.17. The normalized spacial score (nSPS) is 9.88. The third kappa shape index (κ3) is 5.29. The quantitative estimate of drug-likeness (QED) is 0.606. The second kappa shape index (κ2) is 8.31. The lowest BCUT2D eigenvalue weighted by atomic mass is 10.4. The molecular formula is C12H17NO2S. The number of rotatable bonds is 6. The molecule has 0 bridgehead atoms. The highest BCUT2D eigenvalue weighted by molar-refractivity contribution is 7.12. The Balaban J connectivity index is 2.24. The van der Waals surface area contributed by atoms with E-state index < -0.39 is 0 Å². The van der Waals surface area contributed by atoms with Gasteiger partial charge in [0.25, 0.3) is 0 Å². The van der Waals surface area contributed by atoms with E-state index in [1.807, 2.05) is 12.1 Å². The minimum absolute atomic E-state index is 0.404. The van der Waals surface area contributed by atoms with Crippen LogP contribution in [0.4, 0.5) is 0 Å². The van der Waals surface area contributed by atoms with Gasteiger partial charge in [-0.05, 0) is 18.6 Å². The molecule has 4 heteroatoms. The van der Waals surface area contributed by atoms with Crippen molar-refractivity contribution in [1.29, 1.82) is 0 Å². The Morgan fingerprint density at radius 2 is 2.25 bits per heavy atom. The highest BCUT2D eigenvalue weighted by atomic mass is 32.1. The summed E-state index contributed by atoms with van der Waals surface area (Å²) in [5.41, 5.74) is 5.30. The molecule has 1 aromatic heterocycles. The second-order valence-corrected chi connectivity index (χ2v) is 4.34. The van der Waals surface area contributed by atoms with Crippen LogP contribution in [-0.2, 0) is 16.1 Å². The third-order valence-electron chi connectivity index (χ3n) is 1.86. The van der Waals surface area contributed by atoms with Crippen LogP contribution >= 0.6 is 11.3 Å². The Kier molecular flexibility index (Phi) is 6.86. The summed E-state index contributed by atoms with van der Waals surface area (Å²) in [7, 11) is 1.70. The number of hydrogen-bond donors (Lipinski definition) is 1. The van der Waals surface area contributed by atoms with E-state index in [1.54, 1.807) is 18.4 Å². The van der Waals surface area contributed by atoms with Gasteiger partial charge in [-0.1, -0.05) is 11.8 Å². The largest absolute Gasteiger partial charge is 0.385 e. The minimum atomic E-state index is 0.404. The highest BCUT2D eigenvalue weighted by Crippen LogP contribution is 2.16. The Hall–Kier alpha value is -0.860. The summed E-state index contributed by atoms with van der Waals surface area (Å²) in [6, 6.07) is 4.04. The van der Waals surface area contributed by atoms with Crippen molar-refractivity contribution in [2.45, 2.75) is 13.0 Å². The van der Waals surface area contributed by atoms with Crippen molar-refractivity contribution in [2.75, 3.05) is 26.9 Å². The number of hydrogen-bond acceptors (Lipinski definition) is 4. The van der Waals surface area contributed by atoms with Crippen LogP contribution in [-0.4, -0.2) is 26.9 Å². The van der Waals surface area contributed by atoms with Crippen LogP contribution in [0.5, 0.6) is 0 Å². The van der Waals surface area contributed by atoms with E-state index >= 15 is 0 Å². The number of nitrogens with two attached hydrogens (primary N) is 1. The molecule has 88 valence electrons. The van der Waals surface area contributed by atoms with Gasteiger partial charge in [0.2, 0.25) is 0 Å². The van der Waals surface area contributed by atoms with Gasteiger partial charge in [-0.3, -0.25) is 0 Å². The summed E-state index contributed by atoms with van der Waals surface area (Å²) >= 11 is 1.65. The summed E-state index contributed by atoms with van der Waals surface area (Å²) in [6.45, 7) is 2.53. The van der Waals surface area contributed by atoms with Gasteiger partial charge >= 0.3 is 0 Å². The minimum Gasteiger partial charge on any atom is -0.385 e. The van der Waals surface area contributed by atoms with Gasteiger partial charge in [-0.15, -0.1) is 11.3 Å². The molecule has 0 aromatic carbocycles. The summed E-state index contributed by atoms with van der Waals surface area (Å²) in [6.07, 6.45) is 0.932. The van der Waals surface area contributed by atoms with Crippen molar-refractivity contribution in [3.05, 3.63) is 21.9 Å². The lowest BCUT2D eigenvalue weighted by Crippen LogP contribution is -1.98. The molecule has 1 heterocycles. The maximum absolute atomic E-state index is 5.50. The zero-order chi connectivity index (χ0) is 11.6. The number of thiophene rings is 1. The fourth-order valence-corrected chi connectivity index (χ4v) is 1.96. The fourth-order valence-electron chi connectivity index (χ4n) is 1.14. The predicted molar refractivity (Wildman–Crippen MR) is 66.4 cm³/mol. The van der Waals surface area contributed by atoms with E-state index in [4.69, 9.17) is 15.2 Å². The van der Waals surface area contributed by atoms with Crippen LogP contribution in [0.15, 0.2) is 12.1 Å². The van der Waals surface area contributed by atoms with Gasteiger partial charge in [0.15, 0.2) is 0 Å². The Morgan fingerprint density at radius 3 is 3.00 bits per heavy atom. The maximum atomic E-state index is 5.50. The van der Waals surface area contributed by atoms with Crippen molar-refractivity contribution >= 4 is 11.3 Å². The number of methoxy groups -OCH3 is 1. The van der Waals surface area contributed by atoms with Crippen LogP contribution in [0.2, 0.25) is 0 Å². The molecule has 1 rings (SSSR count). The first kappa shape index (κ1) is 13.2. The molecule has 0 spiro atoms. The van der Waals surface area contributed by atoms with Crippen LogP contribution < -0.4 is 5.73 Å². The third-order valence-corrected chi connectivity index (χ3v) is 2.83. The lowest BCUT2D eigenvalue weighted by molar-refractivity contribution is 0.0943. The predicted octanol–water partition coefficient (Wildman–Crippen LogP) is 1.61. The molecule has 0 saturated heterocycles. The van der Waals surface area contributed by atoms with Gasteiger partial charge in [0, 0.05) is 25.2 Å². The average Bonchev–Trinajstić information content (AvgIpc) is 2.74. The molecule has 2 N–H and O–H groups in total. The SMILES string of the molecule is COCCCOCc1ccc(C#CCN)s1. The molecule has 16 heavy (non-hydrogen) atoms. The van der Waals surface area contributed by atoms with Crippen LogP contribution in [0.3, 0.4) is 0 Å². The molecular weight excluding hydrogens is 222 g/mol. The fraction of sp³-hybridized carbons (Fsp3) is 0.500. The molecule has 0 fully saturated rings. The topological polar surface area (TPSA) is 44.5 Å². The van der Waals surface area contributed by atoms with Crippen molar-refractivity contribution in [2.24, 2.45) is 5.73 Å². The molecule has 0 aliphatic rings. The summed E-state index contributed by atoms with van der Waals surface area (Å²) in [4.78, 5) is 2.24. The van der Waals surface area contributed by atoms with E-state index in [0.29, 0.717) is 13.2 Å². The van der Waals surface area contributed by atoms with E-state index in [0.717, 1.165) is 24.5 Å². The molecule has 0 atom stereocenters. The molecule has 0 amide bonds. The Bertz CT molecular complexity index is 351. The van der Waals surface area contributed by atoms with Crippen LogP contribution in [0.25, 0.3) is 0 Å². The molecule has 0 radical (unpaired) electrons. The zero-order valence-corrected chi connectivity index (χ0v) is 10.3. The van der Waals surface area contributed by atoms with Crippen LogP contribution in [0, 0.1) is 11.8 Å². The van der Waals surface area contributed by atoms with Crippen molar-refractivity contribution < 1.29 is 9.47 Å². The molecule has 0 aliphatic heterocycles. The van der Waals surface area contributed by atoms with Gasteiger partial charge in [-0.25, -0.2) is 0 Å².